The van der Waals surface area contributed by atoms with E-state index in [0.717, 1.165) is 47.9 Å². The van der Waals surface area contributed by atoms with Gasteiger partial charge >= 0.3 is 0 Å². The lowest BCUT2D eigenvalue weighted by atomic mass is 9.49. The second kappa shape index (κ2) is 7.33. The third-order valence-electron chi connectivity index (χ3n) is 11.0. The standard InChI is InChI=1S/C30H36N4O3/c1-17-19-13-18(5-7-22(19)33-32-17)20-6-8-24-27(20,2)9-10-28(16-31)14-21-25(35)26(36)23(34(3)4)15-29(21)11-12-30(24,28)37-29/h5-7,13-14,23-26,35-36H,8-12,15H2,1-4H3,(H,32,33)/t23-,24?,25+,26+,27+,28?,29+,30-/m0/s1. The Balaban J connectivity index is 1.33. The van der Waals surface area contributed by atoms with E-state index >= 15 is 0 Å². The van der Waals surface area contributed by atoms with Crippen molar-refractivity contribution in [1.29, 1.82) is 5.26 Å². The Bertz CT molecular complexity index is 1420. The number of hydrogen-bond donors (Lipinski definition) is 3. The van der Waals surface area contributed by atoms with Crippen molar-refractivity contribution < 1.29 is 14.9 Å². The van der Waals surface area contributed by atoms with Crippen LogP contribution in [0, 0.1) is 35.0 Å². The molecule has 2 aliphatic heterocycles. The second-order valence-corrected chi connectivity index (χ2v) is 12.7. The molecule has 7 heteroatoms. The van der Waals surface area contributed by atoms with E-state index < -0.39 is 28.8 Å². The molecule has 2 saturated carbocycles. The largest absolute Gasteiger partial charge is 0.388 e. The highest BCUT2D eigenvalue weighted by Crippen LogP contribution is 2.72. The van der Waals surface area contributed by atoms with Gasteiger partial charge in [-0.3, -0.25) is 5.10 Å². The fraction of sp³-hybridized carbons (Fsp3) is 0.600. The number of aromatic amines is 1. The number of allylic oxidation sites excluding steroid dienone is 2. The fourth-order valence-corrected chi connectivity index (χ4v) is 9.00. The predicted octanol–water partition coefficient (Wildman–Crippen LogP) is 3.87. The van der Waals surface area contributed by atoms with Crippen LogP contribution in [0.1, 0.15) is 56.7 Å². The predicted molar refractivity (Wildman–Crippen MR) is 140 cm³/mol. The van der Waals surface area contributed by atoms with Crippen molar-refractivity contribution >= 4 is 16.5 Å². The Morgan fingerprint density at radius 1 is 1.19 bits per heavy atom. The number of rotatable bonds is 2. The molecule has 3 heterocycles. The molecular weight excluding hydrogens is 464 g/mol. The van der Waals surface area contributed by atoms with E-state index in [-0.39, 0.29) is 17.4 Å². The van der Waals surface area contributed by atoms with Gasteiger partial charge in [-0.15, -0.1) is 0 Å². The second-order valence-electron chi connectivity index (χ2n) is 12.7. The van der Waals surface area contributed by atoms with Gasteiger partial charge in [-0.2, -0.15) is 10.4 Å². The topological polar surface area (TPSA) is 105 Å². The van der Waals surface area contributed by atoms with Gasteiger partial charge in [0.25, 0.3) is 0 Å². The number of aliphatic hydroxyl groups excluding tert-OH is 2. The summed E-state index contributed by atoms with van der Waals surface area (Å²) in [5.74, 6) is 0.170. The first kappa shape index (κ1) is 23.6. The van der Waals surface area contributed by atoms with Gasteiger partial charge in [0, 0.05) is 17.3 Å². The number of nitrogens with one attached hydrogen (secondary N) is 1. The number of likely N-dealkylation sites (N-methyl/N-ethyl adjacent to an activating group) is 1. The van der Waals surface area contributed by atoms with Crippen LogP contribution in [-0.4, -0.2) is 68.9 Å². The summed E-state index contributed by atoms with van der Waals surface area (Å²) in [4.78, 5) is 1.99. The Kier molecular flexibility index (Phi) is 4.67. The van der Waals surface area contributed by atoms with E-state index in [4.69, 9.17) is 4.74 Å². The minimum absolute atomic E-state index is 0.115. The molecule has 3 aliphatic carbocycles. The molecule has 8 atom stereocenters. The molecule has 2 bridgehead atoms. The maximum atomic E-state index is 11.3. The van der Waals surface area contributed by atoms with E-state index in [0.29, 0.717) is 12.8 Å². The number of aromatic nitrogens is 2. The van der Waals surface area contributed by atoms with Crippen LogP contribution in [0.5, 0.6) is 0 Å². The summed E-state index contributed by atoms with van der Waals surface area (Å²) in [7, 11) is 3.89. The number of fused-ring (bicyclic) bond motifs is 2. The first-order valence-corrected chi connectivity index (χ1v) is 13.6. The maximum Gasteiger partial charge on any atom is 0.105 e. The average molecular weight is 501 g/mol. The van der Waals surface area contributed by atoms with E-state index in [1.807, 2.05) is 25.9 Å². The van der Waals surface area contributed by atoms with Gasteiger partial charge in [-0.25, -0.2) is 0 Å². The summed E-state index contributed by atoms with van der Waals surface area (Å²) in [6, 6.07) is 9.08. The molecule has 0 amide bonds. The lowest BCUT2D eigenvalue weighted by molar-refractivity contribution is -0.223. The number of nitriles is 1. The number of ether oxygens (including phenoxy) is 1. The number of H-pyrrole nitrogens is 1. The van der Waals surface area contributed by atoms with Crippen LogP contribution >= 0.6 is 0 Å². The lowest BCUT2D eigenvalue weighted by Crippen LogP contribution is -2.66. The number of aryl methyl sites for hydroxylation is 1. The number of benzene rings is 1. The summed E-state index contributed by atoms with van der Waals surface area (Å²) >= 11 is 0. The summed E-state index contributed by atoms with van der Waals surface area (Å²) in [6.45, 7) is 4.40. The third kappa shape index (κ3) is 2.72. The molecule has 2 aromatic rings. The van der Waals surface area contributed by atoms with Gasteiger partial charge in [-0.1, -0.05) is 25.1 Å². The normalized spacial score (nSPS) is 44.2. The quantitative estimate of drug-likeness (QED) is 0.541. The van der Waals surface area contributed by atoms with Crippen LogP contribution in [0.15, 0.2) is 35.9 Å². The van der Waals surface area contributed by atoms with Gasteiger partial charge in [0.15, 0.2) is 0 Å². The highest BCUT2D eigenvalue weighted by Gasteiger charge is 2.74. The molecule has 1 aromatic heterocycles. The average Bonchev–Trinajstić information content (AvgIpc) is 3.54. The summed E-state index contributed by atoms with van der Waals surface area (Å²) in [5, 5.41) is 41.6. The Morgan fingerprint density at radius 3 is 2.76 bits per heavy atom. The van der Waals surface area contributed by atoms with E-state index in [1.165, 1.54) is 11.1 Å². The maximum absolute atomic E-state index is 11.3. The Labute approximate surface area is 217 Å². The van der Waals surface area contributed by atoms with Crippen molar-refractivity contribution in [3.63, 3.8) is 0 Å². The zero-order valence-electron chi connectivity index (χ0n) is 22.1. The molecule has 3 fully saturated rings. The highest BCUT2D eigenvalue weighted by molar-refractivity contribution is 5.87. The van der Waals surface area contributed by atoms with E-state index in [2.05, 4.69) is 53.5 Å². The van der Waals surface area contributed by atoms with E-state index in [1.54, 1.807) is 0 Å². The van der Waals surface area contributed by atoms with Crippen molar-refractivity contribution in [2.24, 2.45) is 16.7 Å². The molecule has 5 aliphatic rings. The smallest absolute Gasteiger partial charge is 0.105 e. The Morgan fingerprint density at radius 2 is 2.00 bits per heavy atom. The number of nitrogens with zero attached hydrogens (tertiary/aromatic N) is 3. The molecule has 0 radical (unpaired) electrons. The number of hydrogen-bond acceptors (Lipinski definition) is 6. The van der Waals surface area contributed by atoms with E-state index in [9.17, 15) is 15.5 Å². The highest BCUT2D eigenvalue weighted by atomic mass is 16.5. The molecule has 7 rings (SSSR count). The van der Waals surface area contributed by atoms with Crippen LogP contribution in [0.3, 0.4) is 0 Å². The van der Waals surface area contributed by atoms with Crippen molar-refractivity contribution in [2.75, 3.05) is 14.1 Å². The van der Waals surface area contributed by atoms with Gasteiger partial charge in [0.05, 0.1) is 34.6 Å². The van der Waals surface area contributed by atoms with Crippen LogP contribution in [-0.2, 0) is 4.74 Å². The minimum atomic E-state index is -1.02. The van der Waals surface area contributed by atoms with Crippen LogP contribution in [0.25, 0.3) is 16.5 Å². The number of aliphatic hydroxyl groups is 2. The zero-order chi connectivity index (χ0) is 26.0. The molecular formula is C30H36N4O3. The third-order valence-corrected chi connectivity index (χ3v) is 11.0. The molecule has 1 aromatic carbocycles. The van der Waals surface area contributed by atoms with Crippen molar-refractivity contribution in [1.82, 2.24) is 15.1 Å². The summed E-state index contributed by atoms with van der Waals surface area (Å²) < 4.78 is 7.28. The lowest BCUT2D eigenvalue weighted by Gasteiger charge is -2.61. The van der Waals surface area contributed by atoms with Gasteiger partial charge in [-0.05, 0) is 93.8 Å². The van der Waals surface area contributed by atoms with Gasteiger partial charge in [0.2, 0.25) is 0 Å². The molecule has 2 spiro atoms. The molecule has 3 N–H and O–H groups in total. The Hall–Kier alpha value is -2.50. The van der Waals surface area contributed by atoms with Gasteiger partial charge in [0.1, 0.15) is 11.5 Å². The zero-order valence-corrected chi connectivity index (χ0v) is 22.1. The SMILES string of the molecule is Cc1n[nH]c2ccc(C3=CCC4[C@@]56CC[C@]7(C[C@H](N(C)C)[C@@H](O)[C@H](O)C7=CC5(C#N)CC[C@]34C)O6)cc12. The van der Waals surface area contributed by atoms with Crippen molar-refractivity contribution in [3.05, 3.63) is 47.2 Å². The van der Waals surface area contributed by atoms with Crippen LogP contribution in [0.4, 0.5) is 0 Å². The monoisotopic (exact) mass is 500 g/mol. The summed E-state index contributed by atoms with van der Waals surface area (Å²) in [6.07, 6.45) is 7.17. The molecule has 7 nitrogen and oxygen atoms in total. The molecule has 194 valence electrons. The van der Waals surface area contributed by atoms with Crippen LogP contribution < -0.4 is 0 Å². The van der Waals surface area contributed by atoms with Crippen LogP contribution in [0.2, 0.25) is 0 Å². The first-order chi connectivity index (χ1) is 17.6. The molecule has 2 unspecified atom stereocenters. The molecule has 1 saturated heterocycles. The molecule has 37 heavy (non-hydrogen) atoms. The fourth-order valence-electron chi connectivity index (χ4n) is 9.00. The van der Waals surface area contributed by atoms with Gasteiger partial charge < -0.3 is 19.8 Å². The summed E-state index contributed by atoms with van der Waals surface area (Å²) in [5.41, 5.74) is 3.23. The van der Waals surface area contributed by atoms with Crippen molar-refractivity contribution in [3.8, 4) is 6.07 Å². The first-order valence-electron chi connectivity index (χ1n) is 13.6. The van der Waals surface area contributed by atoms with Crippen molar-refractivity contribution in [2.45, 2.75) is 81.8 Å². The minimum Gasteiger partial charge on any atom is -0.388 e.